The predicted molar refractivity (Wildman–Crippen MR) is 102 cm³/mol. The van der Waals surface area contributed by atoms with Crippen LogP contribution >= 0.6 is 0 Å². The lowest BCUT2D eigenvalue weighted by molar-refractivity contribution is -0.113. The average Bonchev–Trinajstić information content (AvgIpc) is 2.95. The van der Waals surface area contributed by atoms with E-state index in [9.17, 15) is 21.6 Å². The van der Waals surface area contributed by atoms with Crippen LogP contribution in [0.15, 0.2) is 53.7 Å². The van der Waals surface area contributed by atoms with Gasteiger partial charge in [-0.1, -0.05) is 18.2 Å². The largest absolute Gasteiger partial charge is 0.294 e. The summed E-state index contributed by atoms with van der Waals surface area (Å²) in [5.41, 5.74) is 3.35. The fraction of sp³-hybridized carbons (Fsp3) is 0.222. The molecule has 0 spiro atoms. The number of Topliss-reactive ketones (excluding diaryl/α,β-unsaturated/α-hetero) is 1. The summed E-state index contributed by atoms with van der Waals surface area (Å²) in [5.74, 6) is 0.107. The highest BCUT2D eigenvalue weighted by Crippen LogP contribution is 2.37. The highest BCUT2D eigenvalue weighted by molar-refractivity contribution is 7.90. The number of nitrogens with zero attached hydrogens (tertiary/aromatic N) is 1. The number of aromatic nitrogens is 1. The Morgan fingerprint density at radius 3 is 2.00 bits per heavy atom. The molecule has 0 radical (unpaired) electrons. The van der Waals surface area contributed by atoms with Gasteiger partial charge in [0.15, 0.2) is 15.6 Å². The van der Waals surface area contributed by atoms with Crippen LogP contribution in [0.2, 0.25) is 0 Å². The number of allylic oxidation sites excluding steroid dienone is 2. The Bertz CT molecular complexity index is 1060. The van der Waals surface area contributed by atoms with Crippen LogP contribution in [0.4, 0.5) is 0 Å². The normalized spacial score (nSPS) is 14.7. The summed E-state index contributed by atoms with van der Waals surface area (Å²) in [6.45, 7) is 0. The minimum absolute atomic E-state index is 0.107. The second-order valence-corrected chi connectivity index (χ2v) is 9.53. The monoisotopic (exact) mass is 409 g/mol. The fourth-order valence-corrected chi connectivity index (χ4v) is 3.33. The van der Waals surface area contributed by atoms with Crippen LogP contribution in [0.1, 0.15) is 24.0 Å². The van der Waals surface area contributed by atoms with Crippen molar-refractivity contribution in [1.29, 1.82) is 0 Å². The summed E-state index contributed by atoms with van der Waals surface area (Å²) in [6, 6.07) is 10.4. The van der Waals surface area contributed by atoms with Crippen molar-refractivity contribution in [3.8, 4) is 0 Å². The van der Waals surface area contributed by atoms with E-state index in [0.29, 0.717) is 24.7 Å². The first kappa shape index (κ1) is 20.9. The van der Waals surface area contributed by atoms with E-state index in [1.807, 2.05) is 6.07 Å². The van der Waals surface area contributed by atoms with Gasteiger partial charge in [-0.2, -0.15) is 8.42 Å². The molecule has 1 N–H and O–H groups in total. The quantitative estimate of drug-likeness (QED) is 0.772. The molecule has 144 valence electrons. The Morgan fingerprint density at radius 2 is 1.52 bits per heavy atom. The molecule has 0 bridgehead atoms. The Morgan fingerprint density at radius 1 is 0.926 bits per heavy atom. The van der Waals surface area contributed by atoms with Crippen LogP contribution in [0, 0.1) is 0 Å². The lowest BCUT2D eigenvalue weighted by Crippen LogP contribution is -1.98. The van der Waals surface area contributed by atoms with Gasteiger partial charge in [-0.25, -0.2) is 8.42 Å². The second kappa shape index (κ2) is 8.12. The number of carbonyl (C=O) groups excluding carboxylic acids is 1. The Balaban J connectivity index is 0.000000465. The SMILES string of the molecule is CS(=O)(=O)O.CS(=O)(=O)c1ccc(C2=C(c3cccnc3)C(=O)CC2)cc1. The number of hydrogen-bond acceptors (Lipinski definition) is 6. The summed E-state index contributed by atoms with van der Waals surface area (Å²) >= 11 is 0. The Hall–Kier alpha value is -2.36. The van der Waals surface area contributed by atoms with E-state index in [1.54, 1.807) is 42.7 Å². The van der Waals surface area contributed by atoms with Gasteiger partial charge in [-0.05, 0) is 35.8 Å². The molecule has 0 aliphatic heterocycles. The molecule has 0 saturated heterocycles. The van der Waals surface area contributed by atoms with Gasteiger partial charge in [0.2, 0.25) is 0 Å². The van der Waals surface area contributed by atoms with Gasteiger partial charge in [-0.15, -0.1) is 0 Å². The van der Waals surface area contributed by atoms with Crippen LogP contribution in [-0.4, -0.2) is 44.7 Å². The third-order valence-corrected chi connectivity index (χ3v) is 4.89. The molecule has 1 aliphatic carbocycles. The van der Waals surface area contributed by atoms with E-state index in [-0.39, 0.29) is 10.7 Å². The van der Waals surface area contributed by atoms with E-state index in [1.165, 1.54) is 6.26 Å². The van der Waals surface area contributed by atoms with Crippen molar-refractivity contribution in [2.75, 3.05) is 12.5 Å². The first-order valence-corrected chi connectivity index (χ1v) is 11.6. The molecular formula is C18H19NO6S2. The maximum Gasteiger partial charge on any atom is 0.261 e. The van der Waals surface area contributed by atoms with Crippen LogP contribution in [0.3, 0.4) is 0 Å². The third-order valence-electron chi connectivity index (χ3n) is 3.76. The van der Waals surface area contributed by atoms with Gasteiger partial charge in [-0.3, -0.25) is 14.3 Å². The highest BCUT2D eigenvalue weighted by Gasteiger charge is 2.25. The zero-order chi connectivity index (χ0) is 20.2. The van der Waals surface area contributed by atoms with Crippen LogP contribution in [0.25, 0.3) is 11.1 Å². The van der Waals surface area contributed by atoms with Crippen molar-refractivity contribution in [2.45, 2.75) is 17.7 Å². The molecule has 1 aromatic carbocycles. The number of hydrogen-bond donors (Lipinski definition) is 1. The van der Waals surface area contributed by atoms with Crippen LogP contribution in [0.5, 0.6) is 0 Å². The van der Waals surface area contributed by atoms with Gasteiger partial charge >= 0.3 is 0 Å². The van der Waals surface area contributed by atoms with Gasteiger partial charge in [0.05, 0.1) is 11.2 Å². The van der Waals surface area contributed by atoms with Gasteiger partial charge in [0.25, 0.3) is 10.1 Å². The van der Waals surface area contributed by atoms with Gasteiger partial charge in [0, 0.05) is 36.2 Å². The number of ketones is 1. The van der Waals surface area contributed by atoms with Crippen LogP contribution < -0.4 is 0 Å². The number of pyridine rings is 1. The third kappa shape index (κ3) is 6.09. The topological polar surface area (TPSA) is 118 Å². The molecule has 0 unspecified atom stereocenters. The van der Waals surface area contributed by atoms with E-state index < -0.39 is 20.0 Å². The molecule has 1 heterocycles. The molecular weight excluding hydrogens is 390 g/mol. The van der Waals surface area contributed by atoms with Gasteiger partial charge in [0.1, 0.15) is 0 Å². The van der Waals surface area contributed by atoms with E-state index in [2.05, 4.69) is 4.98 Å². The number of sulfone groups is 1. The molecule has 0 atom stereocenters. The smallest absolute Gasteiger partial charge is 0.261 e. The minimum atomic E-state index is -3.67. The first-order valence-electron chi connectivity index (χ1n) is 7.86. The van der Waals surface area contributed by atoms with E-state index in [4.69, 9.17) is 4.55 Å². The highest BCUT2D eigenvalue weighted by atomic mass is 32.2. The standard InChI is InChI=1S/C17H15NO3S.CH4O3S/c1-22(20,21)14-6-4-12(5-7-14)15-8-9-16(19)17(15)13-3-2-10-18-11-13;1-5(2,3)4/h2-7,10-11H,8-9H2,1H3;1H3,(H,2,3,4). The zero-order valence-corrected chi connectivity index (χ0v) is 16.4. The lowest BCUT2D eigenvalue weighted by Gasteiger charge is -2.08. The summed E-state index contributed by atoms with van der Waals surface area (Å²) in [4.78, 5) is 16.6. The predicted octanol–water partition coefficient (Wildman–Crippen LogP) is 2.26. The van der Waals surface area contributed by atoms with Crippen molar-refractivity contribution in [2.24, 2.45) is 0 Å². The molecule has 27 heavy (non-hydrogen) atoms. The van der Waals surface area contributed by atoms with Crippen LogP contribution in [-0.2, 0) is 24.7 Å². The van der Waals surface area contributed by atoms with E-state index >= 15 is 0 Å². The molecule has 9 heteroatoms. The van der Waals surface area contributed by atoms with Crippen molar-refractivity contribution < 1.29 is 26.2 Å². The number of rotatable bonds is 3. The maximum atomic E-state index is 12.2. The molecule has 0 saturated carbocycles. The fourth-order valence-electron chi connectivity index (χ4n) is 2.69. The van der Waals surface area contributed by atoms with Gasteiger partial charge < -0.3 is 0 Å². The second-order valence-electron chi connectivity index (χ2n) is 6.05. The average molecular weight is 409 g/mol. The summed E-state index contributed by atoms with van der Waals surface area (Å²) in [7, 11) is -6.88. The molecule has 3 rings (SSSR count). The summed E-state index contributed by atoms with van der Waals surface area (Å²) < 4.78 is 48.9. The molecule has 2 aromatic rings. The summed E-state index contributed by atoms with van der Waals surface area (Å²) in [5, 5.41) is 0. The molecule has 0 fully saturated rings. The molecule has 0 amide bonds. The Kier molecular flexibility index (Phi) is 6.30. The van der Waals surface area contributed by atoms with Crippen molar-refractivity contribution >= 4 is 36.9 Å². The van der Waals surface area contributed by atoms with Crippen molar-refractivity contribution in [3.05, 3.63) is 59.9 Å². The summed E-state index contributed by atoms with van der Waals surface area (Å²) in [6.07, 6.45) is 6.40. The van der Waals surface area contributed by atoms with E-state index in [0.717, 1.165) is 16.7 Å². The zero-order valence-electron chi connectivity index (χ0n) is 14.8. The number of carbonyl (C=O) groups is 1. The van der Waals surface area contributed by atoms with Crippen molar-refractivity contribution in [1.82, 2.24) is 4.98 Å². The van der Waals surface area contributed by atoms with Crippen molar-refractivity contribution in [3.63, 3.8) is 0 Å². The maximum absolute atomic E-state index is 12.2. The molecule has 1 aliphatic rings. The number of benzene rings is 1. The lowest BCUT2D eigenvalue weighted by atomic mass is 9.98. The minimum Gasteiger partial charge on any atom is -0.294 e. The molecule has 7 nitrogen and oxygen atoms in total. The Labute approximate surface area is 158 Å². The first-order chi connectivity index (χ1) is 12.5. The molecule has 1 aromatic heterocycles.